The predicted octanol–water partition coefficient (Wildman–Crippen LogP) is 4.58. The van der Waals surface area contributed by atoms with Crippen LogP contribution in [0.5, 0.6) is 0 Å². The average Bonchev–Trinajstić information content (AvgIpc) is 3.56. The van der Waals surface area contributed by atoms with Gasteiger partial charge in [-0.15, -0.1) is 13.2 Å². The maximum Gasteiger partial charge on any atom is 0.253 e. The van der Waals surface area contributed by atoms with E-state index in [-0.39, 0.29) is 37.4 Å². The minimum Gasteiger partial charge on any atom is -0.394 e. The van der Waals surface area contributed by atoms with E-state index in [0.29, 0.717) is 24.9 Å². The smallest absolute Gasteiger partial charge is 0.253 e. The van der Waals surface area contributed by atoms with Crippen molar-refractivity contribution in [3.63, 3.8) is 0 Å². The van der Waals surface area contributed by atoms with Crippen molar-refractivity contribution in [3.05, 3.63) is 85.0 Å². The summed E-state index contributed by atoms with van der Waals surface area (Å²) in [6, 6.07) is 13.6. The first kappa shape index (κ1) is 30.7. The third kappa shape index (κ3) is 4.71. The number of amides is 3. The Balaban J connectivity index is 1.65. The molecule has 0 saturated carbocycles. The van der Waals surface area contributed by atoms with Gasteiger partial charge >= 0.3 is 0 Å². The first-order chi connectivity index (χ1) is 20.6. The molecule has 3 aliphatic heterocycles. The van der Waals surface area contributed by atoms with Crippen LogP contribution >= 0.6 is 0 Å². The Morgan fingerprint density at radius 1 is 1.02 bits per heavy atom. The molecule has 3 fully saturated rings. The number of likely N-dealkylation sites (tertiary alicyclic amines) is 1. The van der Waals surface area contributed by atoms with Gasteiger partial charge in [0, 0.05) is 24.5 Å². The third-order valence-electron chi connectivity index (χ3n) is 9.72. The molecule has 2 aromatic rings. The Kier molecular flexibility index (Phi) is 8.38. The number of aliphatic hydroxyl groups excluding tert-OH is 1. The number of aliphatic hydroxyl groups is 1. The summed E-state index contributed by atoms with van der Waals surface area (Å²) < 4.78 is 6.88. The molecule has 0 radical (unpaired) electrons. The summed E-state index contributed by atoms with van der Waals surface area (Å²) in [5.74, 6) is -2.50. The topological polar surface area (TPSA) is 90.4 Å². The number of carbonyl (C=O) groups excluding carboxylic acids is 3. The van der Waals surface area contributed by atoms with Crippen LogP contribution in [0.25, 0.3) is 0 Å². The lowest BCUT2D eigenvalue weighted by atomic mass is 9.66. The number of benzene rings is 2. The summed E-state index contributed by atoms with van der Waals surface area (Å²) >= 11 is 0. The summed E-state index contributed by atoms with van der Waals surface area (Å²) in [5.41, 5.74) is 1.18. The molecule has 8 nitrogen and oxygen atoms in total. The van der Waals surface area contributed by atoms with Gasteiger partial charge in [0.15, 0.2) is 0 Å². The van der Waals surface area contributed by atoms with Crippen molar-refractivity contribution in [1.29, 1.82) is 0 Å². The lowest BCUT2D eigenvalue weighted by Gasteiger charge is -2.39. The van der Waals surface area contributed by atoms with E-state index in [1.165, 1.54) is 0 Å². The number of hydrogen-bond acceptors (Lipinski definition) is 5. The molecule has 3 amide bonds. The quantitative estimate of drug-likeness (QED) is 0.390. The van der Waals surface area contributed by atoms with Gasteiger partial charge in [-0.1, -0.05) is 55.5 Å². The summed E-state index contributed by atoms with van der Waals surface area (Å²) in [7, 11) is 0. The van der Waals surface area contributed by atoms with Crippen LogP contribution in [0.4, 0.5) is 11.4 Å². The highest BCUT2D eigenvalue weighted by atomic mass is 16.5. The van der Waals surface area contributed by atoms with E-state index in [1.54, 1.807) is 26.9 Å². The van der Waals surface area contributed by atoms with Gasteiger partial charge in [0.1, 0.15) is 11.6 Å². The molecular weight excluding hydrogens is 542 g/mol. The number of aryl methyl sites for hydroxylation is 2. The molecule has 6 atom stereocenters. The van der Waals surface area contributed by atoms with E-state index in [4.69, 9.17) is 4.74 Å². The fourth-order valence-electron chi connectivity index (χ4n) is 7.85. The van der Waals surface area contributed by atoms with Gasteiger partial charge in [-0.3, -0.25) is 14.4 Å². The Bertz CT molecular complexity index is 1400. The molecule has 3 heterocycles. The molecule has 3 aliphatic rings. The lowest BCUT2D eigenvalue weighted by Crippen LogP contribution is -2.59. The molecule has 8 heteroatoms. The van der Waals surface area contributed by atoms with Crippen LogP contribution in [0, 0.1) is 25.7 Å². The first-order valence-electron chi connectivity index (χ1n) is 15.2. The van der Waals surface area contributed by atoms with E-state index < -0.39 is 35.1 Å². The second-order valence-electron chi connectivity index (χ2n) is 12.3. The van der Waals surface area contributed by atoms with Gasteiger partial charge in [-0.2, -0.15) is 0 Å². The minimum atomic E-state index is -1.21. The number of fused-ring (bicyclic) bond motifs is 1. The van der Waals surface area contributed by atoms with E-state index >= 15 is 0 Å². The van der Waals surface area contributed by atoms with Crippen LogP contribution in [0.2, 0.25) is 0 Å². The normalized spacial score (nSPS) is 28.0. The maximum atomic E-state index is 14.9. The fourth-order valence-corrected chi connectivity index (χ4v) is 7.85. The second-order valence-corrected chi connectivity index (χ2v) is 12.3. The Morgan fingerprint density at radius 3 is 2.23 bits per heavy atom. The van der Waals surface area contributed by atoms with Crippen molar-refractivity contribution in [1.82, 2.24) is 4.90 Å². The van der Waals surface area contributed by atoms with Gasteiger partial charge < -0.3 is 24.5 Å². The van der Waals surface area contributed by atoms with Gasteiger partial charge in [0.2, 0.25) is 11.8 Å². The maximum absolute atomic E-state index is 14.9. The molecule has 2 aromatic carbocycles. The molecule has 1 spiro atoms. The fraction of sp³-hybridized carbons (Fsp3) is 0.457. The highest BCUT2D eigenvalue weighted by molar-refractivity contribution is 6.07. The van der Waals surface area contributed by atoms with E-state index in [0.717, 1.165) is 16.8 Å². The minimum absolute atomic E-state index is 0.226. The molecule has 0 aromatic heterocycles. The highest BCUT2D eigenvalue weighted by Crippen LogP contribution is 2.64. The third-order valence-corrected chi connectivity index (χ3v) is 9.72. The standard InChI is InChI=1S/C35H43N3O5/c1-7-20-36(26-16-11-10-12-17-26)31(40)27-28-32(41)38(25(9-3)22-39)30(35(28)19-18-34(27,6)43-35)33(42)37(21-8-2)29-23(4)14-13-15-24(29)5/h7-8,10-17,25,27-28,30,39H,1-2,9,18-22H2,3-6H3/t25-,27-,28-,30?,34+,35?/m0/s1. The predicted molar refractivity (Wildman–Crippen MR) is 168 cm³/mol. The molecule has 1 N–H and O–H groups in total. The van der Waals surface area contributed by atoms with E-state index in [1.807, 2.05) is 76.2 Å². The van der Waals surface area contributed by atoms with Crippen molar-refractivity contribution in [2.45, 2.75) is 70.2 Å². The number of anilines is 2. The Hall–Kier alpha value is -3.75. The number of rotatable bonds is 11. The van der Waals surface area contributed by atoms with Gasteiger partial charge in [-0.25, -0.2) is 0 Å². The van der Waals surface area contributed by atoms with E-state index in [9.17, 15) is 19.5 Å². The number of para-hydroxylation sites is 2. The SMILES string of the molecule is C=CCN(C(=O)[C@@H]1[C@H]2C(=O)N([C@@H](CC)CO)C(C(=O)N(CC=C)c3c(C)cccc3C)C23CC[C@@]1(C)O3)c1ccccc1. The summed E-state index contributed by atoms with van der Waals surface area (Å²) in [5, 5.41) is 10.5. The Morgan fingerprint density at radius 2 is 1.65 bits per heavy atom. The molecule has 2 bridgehead atoms. The van der Waals surface area contributed by atoms with Crippen molar-refractivity contribution in [2.75, 3.05) is 29.5 Å². The molecular formula is C35H43N3O5. The second kappa shape index (κ2) is 11.7. The number of hydrogen-bond donors (Lipinski definition) is 1. The van der Waals surface area contributed by atoms with Gasteiger partial charge in [0.25, 0.3) is 5.91 Å². The number of carbonyl (C=O) groups is 3. The van der Waals surface area contributed by atoms with Gasteiger partial charge in [-0.05, 0) is 63.3 Å². The molecule has 0 aliphatic carbocycles. The van der Waals surface area contributed by atoms with Crippen LogP contribution < -0.4 is 9.80 Å². The van der Waals surface area contributed by atoms with Crippen LogP contribution in [-0.2, 0) is 19.1 Å². The van der Waals surface area contributed by atoms with Crippen LogP contribution in [-0.4, -0.2) is 70.7 Å². The first-order valence-corrected chi connectivity index (χ1v) is 15.2. The van der Waals surface area contributed by atoms with Crippen LogP contribution in [0.1, 0.15) is 44.2 Å². The zero-order chi connectivity index (χ0) is 31.1. The van der Waals surface area contributed by atoms with Crippen molar-refractivity contribution in [2.24, 2.45) is 11.8 Å². The van der Waals surface area contributed by atoms with Gasteiger partial charge in [0.05, 0.1) is 30.1 Å². The molecule has 228 valence electrons. The Labute approximate surface area is 254 Å². The zero-order valence-electron chi connectivity index (χ0n) is 25.7. The van der Waals surface area contributed by atoms with Crippen LogP contribution in [0.15, 0.2) is 73.8 Å². The summed E-state index contributed by atoms with van der Waals surface area (Å²) in [6.45, 7) is 15.7. The van der Waals surface area contributed by atoms with Crippen molar-refractivity contribution in [3.8, 4) is 0 Å². The largest absolute Gasteiger partial charge is 0.394 e. The average molecular weight is 586 g/mol. The van der Waals surface area contributed by atoms with Crippen molar-refractivity contribution >= 4 is 29.1 Å². The number of nitrogens with zero attached hydrogens (tertiary/aromatic N) is 3. The van der Waals surface area contributed by atoms with Crippen molar-refractivity contribution < 1.29 is 24.2 Å². The molecule has 5 rings (SSSR count). The number of ether oxygens (including phenoxy) is 1. The lowest BCUT2D eigenvalue weighted by molar-refractivity contribution is -0.148. The van der Waals surface area contributed by atoms with Crippen LogP contribution in [0.3, 0.4) is 0 Å². The molecule has 2 unspecified atom stereocenters. The monoisotopic (exact) mass is 585 g/mol. The summed E-state index contributed by atoms with van der Waals surface area (Å²) in [6.07, 6.45) is 4.78. The zero-order valence-corrected chi connectivity index (χ0v) is 25.7. The molecule has 43 heavy (non-hydrogen) atoms. The summed E-state index contributed by atoms with van der Waals surface area (Å²) in [4.78, 5) is 48.9. The highest BCUT2D eigenvalue weighted by Gasteiger charge is 2.79. The molecule has 3 saturated heterocycles. The van der Waals surface area contributed by atoms with E-state index in [2.05, 4.69) is 13.2 Å².